The van der Waals surface area contributed by atoms with Crippen molar-refractivity contribution >= 4 is 38.8 Å². The van der Waals surface area contributed by atoms with Gasteiger partial charge in [0.2, 0.25) is 0 Å². The predicted molar refractivity (Wildman–Crippen MR) is 217 cm³/mol. The third kappa shape index (κ3) is 7.19. The molecule has 1 unspecified atom stereocenters. The molecule has 0 aromatic heterocycles. The number of allylic oxidation sites excluding steroid dienone is 1. The summed E-state index contributed by atoms with van der Waals surface area (Å²) in [6, 6.07) is 12.7. The molecule has 4 heterocycles. The molecule has 1 N–H and O–H groups in total. The van der Waals surface area contributed by atoms with Gasteiger partial charge in [-0.3, -0.25) is 19.3 Å². The molecule has 4 aliphatic heterocycles. The van der Waals surface area contributed by atoms with Crippen molar-refractivity contribution in [3.63, 3.8) is 0 Å². The standard InChI is InChI=1S/C43H59ClN4O4S/c1-30-9-7-19-43(51-3,28-46-21-22-47-20-6-5-11-36(47)26-46)38-15-12-34(38)25-48-27-42(18-8-10-32-23-35(44)14-16-37(32)42)29-52-40-17-13-33(24-39(40)48)41(49)45-53(4,50)31(30)2/h7,13-14,16-17,19,23-24,30-31,34,36,38H,4-6,8-12,15,18,20-22,25-29H2,1-3H3,(H,45,49,50)/b19-7+/t30-,31+,34-,36+,38+,42-,43-,53?/m0/s1. The molecule has 8 rings (SSSR count). The second-order valence-electron chi connectivity index (χ2n) is 17.3. The molecular weight excluding hydrogens is 704 g/mol. The summed E-state index contributed by atoms with van der Waals surface area (Å²) in [6.45, 7) is 11.6. The second-order valence-corrected chi connectivity index (χ2v) is 20.1. The van der Waals surface area contributed by atoms with Crippen LogP contribution in [0, 0.1) is 17.8 Å². The van der Waals surface area contributed by atoms with E-state index in [4.69, 9.17) is 21.1 Å². The van der Waals surface area contributed by atoms with Gasteiger partial charge in [0.25, 0.3) is 5.91 Å². The van der Waals surface area contributed by atoms with Crippen LogP contribution >= 0.6 is 11.6 Å². The topological polar surface area (TPSA) is 74.4 Å². The SMILES string of the molecule is C=S1(=O)NC(=O)c2ccc3c(c2)N(C[C@@H]2CC[C@H]2[C@](CN2CCN4CCCC[C@@H]4C2)(OC)/C=C/C[C@H](C)[C@H]1C)C[C@@]1(CCCc2cc(Cl)ccc21)CO3. The van der Waals surface area contributed by atoms with E-state index < -0.39 is 15.3 Å². The highest BCUT2D eigenvalue weighted by Crippen LogP contribution is 2.49. The van der Waals surface area contributed by atoms with E-state index in [2.05, 4.69) is 56.5 Å². The zero-order valence-corrected chi connectivity index (χ0v) is 33.6. The summed E-state index contributed by atoms with van der Waals surface area (Å²) in [7, 11) is -1.03. The van der Waals surface area contributed by atoms with Gasteiger partial charge in [0.15, 0.2) is 0 Å². The van der Waals surface area contributed by atoms with Crippen molar-refractivity contribution in [3.8, 4) is 5.75 Å². The van der Waals surface area contributed by atoms with Gasteiger partial charge in [0.05, 0.1) is 22.0 Å². The number of rotatable bonds is 3. The lowest BCUT2D eigenvalue weighted by Crippen LogP contribution is -2.61. The Kier molecular flexibility index (Phi) is 10.5. The average Bonchev–Trinajstić information content (AvgIpc) is 3.28. The summed E-state index contributed by atoms with van der Waals surface area (Å²) >= 11 is 6.53. The van der Waals surface area contributed by atoms with Gasteiger partial charge in [-0.15, -0.1) is 0 Å². The maximum Gasteiger partial charge on any atom is 0.262 e. The molecule has 6 aliphatic rings. The van der Waals surface area contributed by atoms with Gasteiger partial charge in [-0.25, -0.2) is 4.21 Å². The Labute approximate surface area is 322 Å². The van der Waals surface area contributed by atoms with Gasteiger partial charge in [0.1, 0.15) is 11.4 Å². The van der Waals surface area contributed by atoms with Gasteiger partial charge in [-0.2, -0.15) is 0 Å². The van der Waals surface area contributed by atoms with Crippen molar-refractivity contribution in [3.05, 3.63) is 70.3 Å². The fraction of sp³-hybridized carbons (Fsp3) is 0.628. The Morgan fingerprint density at radius 2 is 1.92 bits per heavy atom. The maximum atomic E-state index is 14.1. The first-order valence-electron chi connectivity index (χ1n) is 20.2. The number of anilines is 1. The minimum absolute atomic E-state index is 0.0439. The van der Waals surface area contributed by atoms with Crippen LogP contribution in [0.3, 0.4) is 0 Å². The lowest BCUT2D eigenvalue weighted by Gasteiger charge is -2.53. The first-order valence-corrected chi connectivity index (χ1v) is 22.3. The van der Waals surface area contributed by atoms with Crippen LogP contribution in [0.25, 0.3) is 0 Å². The molecule has 3 fully saturated rings. The molecule has 1 amide bonds. The molecule has 53 heavy (non-hydrogen) atoms. The van der Waals surface area contributed by atoms with Crippen LogP contribution in [-0.4, -0.2) is 102 Å². The number of aryl methyl sites for hydroxylation is 1. The predicted octanol–water partition coefficient (Wildman–Crippen LogP) is 6.74. The van der Waals surface area contributed by atoms with Crippen molar-refractivity contribution in [1.29, 1.82) is 0 Å². The van der Waals surface area contributed by atoms with Crippen molar-refractivity contribution in [2.24, 2.45) is 17.8 Å². The van der Waals surface area contributed by atoms with E-state index in [1.54, 1.807) is 0 Å². The van der Waals surface area contributed by atoms with Gasteiger partial charge >= 0.3 is 0 Å². The molecule has 2 saturated heterocycles. The normalized spacial score (nSPS) is 37.2. The summed E-state index contributed by atoms with van der Waals surface area (Å²) in [6.07, 6.45) is 14.6. The van der Waals surface area contributed by atoms with Crippen molar-refractivity contribution in [2.75, 3.05) is 64.4 Å². The van der Waals surface area contributed by atoms with E-state index >= 15 is 0 Å². The van der Waals surface area contributed by atoms with Crippen LogP contribution in [0.4, 0.5) is 5.69 Å². The number of hydrogen-bond donors (Lipinski definition) is 1. The fourth-order valence-corrected chi connectivity index (χ4v) is 12.3. The number of benzene rings is 2. The lowest BCUT2D eigenvalue weighted by molar-refractivity contribution is -0.100. The summed E-state index contributed by atoms with van der Waals surface area (Å²) in [4.78, 5) is 21.7. The van der Waals surface area contributed by atoms with E-state index in [0.29, 0.717) is 30.0 Å². The quantitative estimate of drug-likeness (QED) is 0.275. The largest absolute Gasteiger partial charge is 0.490 e. The molecule has 288 valence electrons. The number of nitrogens with one attached hydrogen (secondary N) is 1. The number of piperidine rings is 1. The number of hydrogen-bond acceptors (Lipinski definition) is 7. The summed E-state index contributed by atoms with van der Waals surface area (Å²) < 4.78 is 30.5. The number of halogens is 1. The van der Waals surface area contributed by atoms with E-state index in [1.165, 1.54) is 36.9 Å². The van der Waals surface area contributed by atoms with E-state index in [1.807, 2.05) is 38.3 Å². The van der Waals surface area contributed by atoms with Crippen LogP contribution in [0.15, 0.2) is 48.6 Å². The smallest absolute Gasteiger partial charge is 0.262 e. The van der Waals surface area contributed by atoms with Crippen molar-refractivity contribution < 1.29 is 18.5 Å². The number of piperazine rings is 1. The molecule has 8 nitrogen and oxygen atoms in total. The maximum absolute atomic E-state index is 14.1. The first kappa shape index (κ1) is 37.4. The Bertz CT molecular complexity index is 1840. The summed E-state index contributed by atoms with van der Waals surface area (Å²) in [5.74, 6) is 5.29. The molecule has 2 aromatic carbocycles. The van der Waals surface area contributed by atoms with Crippen LogP contribution in [0.1, 0.15) is 86.7 Å². The van der Waals surface area contributed by atoms with Gasteiger partial charge in [-0.1, -0.05) is 43.2 Å². The van der Waals surface area contributed by atoms with Crippen molar-refractivity contribution in [1.82, 2.24) is 14.5 Å². The Balaban J connectivity index is 1.19. The molecule has 2 bridgehead atoms. The van der Waals surface area contributed by atoms with Gasteiger partial charge in [-0.05, 0) is 130 Å². The van der Waals surface area contributed by atoms with Gasteiger partial charge < -0.3 is 14.4 Å². The lowest BCUT2D eigenvalue weighted by atomic mass is 9.63. The zero-order valence-electron chi connectivity index (χ0n) is 32.0. The molecule has 1 saturated carbocycles. The molecule has 10 heteroatoms. The van der Waals surface area contributed by atoms with Crippen molar-refractivity contribution in [2.45, 2.75) is 93.9 Å². The van der Waals surface area contributed by atoms with E-state index in [-0.39, 0.29) is 22.5 Å². The Morgan fingerprint density at radius 1 is 1.06 bits per heavy atom. The van der Waals surface area contributed by atoms with Gasteiger partial charge in [0, 0.05) is 73.7 Å². The number of ether oxygens (including phenoxy) is 2. The Hall–Kier alpha value is -2.56. The van der Waals surface area contributed by atoms with E-state index in [9.17, 15) is 9.00 Å². The minimum Gasteiger partial charge on any atom is -0.490 e. The number of fused-ring (bicyclic) bond motifs is 5. The highest BCUT2D eigenvalue weighted by Gasteiger charge is 2.50. The second kappa shape index (κ2) is 14.8. The number of methoxy groups -OCH3 is 1. The number of carbonyl (C=O) groups is 1. The molecule has 8 atom stereocenters. The fourth-order valence-electron chi connectivity index (χ4n) is 10.6. The third-order valence-electron chi connectivity index (χ3n) is 14.1. The van der Waals surface area contributed by atoms with Crippen LogP contribution in [0.5, 0.6) is 5.75 Å². The monoisotopic (exact) mass is 762 g/mol. The Morgan fingerprint density at radius 3 is 2.74 bits per heavy atom. The molecular formula is C43H59ClN4O4S. The highest BCUT2D eigenvalue weighted by atomic mass is 35.5. The first-order chi connectivity index (χ1) is 25.5. The van der Waals surface area contributed by atoms with E-state index in [0.717, 1.165) is 94.3 Å². The third-order valence-corrected chi connectivity index (χ3v) is 16.6. The molecule has 2 aromatic rings. The molecule has 2 aliphatic carbocycles. The van der Waals surface area contributed by atoms with Crippen LogP contribution < -0.4 is 14.4 Å². The molecule has 0 radical (unpaired) electrons. The molecule has 1 spiro atoms. The summed E-state index contributed by atoms with van der Waals surface area (Å²) in [5.41, 5.74) is 3.38. The highest BCUT2D eigenvalue weighted by molar-refractivity contribution is 7.99. The minimum atomic E-state index is -2.95. The average molecular weight is 763 g/mol. The number of nitrogens with zero attached hydrogens (tertiary/aromatic N) is 3. The number of amides is 1. The zero-order chi connectivity index (χ0) is 37.0. The summed E-state index contributed by atoms with van der Waals surface area (Å²) in [5, 5.41) is 0.452. The van der Waals surface area contributed by atoms with Crippen LogP contribution in [-0.2, 0) is 26.3 Å². The number of carbonyl (C=O) groups excluding carboxylic acids is 1. The van der Waals surface area contributed by atoms with Crippen LogP contribution in [0.2, 0.25) is 5.02 Å².